The highest BCUT2D eigenvalue weighted by molar-refractivity contribution is 6.76. The molecule has 0 bridgehead atoms. The molecule has 4 amide bonds. The van der Waals surface area contributed by atoms with Gasteiger partial charge in [-0.3, -0.25) is 24.3 Å². The van der Waals surface area contributed by atoms with E-state index in [1.165, 1.54) is 19.2 Å². The molecular weight excluding hydrogens is 685 g/mol. The summed E-state index contributed by atoms with van der Waals surface area (Å²) in [4.78, 5) is 67.2. The Morgan fingerprint density at radius 3 is 2.30 bits per heavy atom. The first kappa shape index (κ1) is 35.0. The van der Waals surface area contributed by atoms with Crippen molar-refractivity contribution in [1.82, 2.24) is 20.2 Å². The van der Waals surface area contributed by atoms with Crippen molar-refractivity contribution in [2.75, 3.05) is 11.9 Å². The maximum absolute atomic E-state index is 13.2. The number of ether oxygens (including phenoxy) is 5. The fourth-order valence-electron chi connectivity index (χ4n) is 5.29. The second-order valence-corrected chi connectivity index (χ2v) is 14.3. The highest BCUT2D eigenvalue weighted by atomic mass is 35.6. The van der Waals surface area contributed by atoms with E-state index in [1.54, 1.807) is 45.0 Å². The van der Waals surface area contributed by atoms with Gasteiger partial charge in [-0.05, 0) is 26.8 Å². The van der Waals surface area contributed by atoms with E-state index in [0.29, 0.717) is 5.56 Å². The minimum absolute atomic E-state index is 0.00740. The highest BCUT2D eigenvalue weighted by Crippen LogP contribution is 2.43. The minimum atomic E-state index is -2.44. The van der Waals surface area contributed by atoms with Gasteiger partial charge in [0.25, 0.3) is 9.70 Å². The van der Waals surface area contributed by atoms with Gasteiger partial charge in [0.15, 0.2) is 18.6 Å². The van der Waals surface area contributed by atoms with Crippen molar-refractivity contribution in [2.45, 2.75) is 80.6 Å². The number of esters is 1. The molecule has 8 atom stereocenters. The van der Waals surface area contributed by atoms with Crippen LogP contribution < -0.4 is 21.6 Å². The lowest BCUT2D eigenvalue weighted by Gasteiger charge is -2.48. The van der Waals surface area contributed by atoms with Crippen LogP contribution in [0.1, 0.15) is 45.8 Å². The molecule has 254 valence electrons. The number of fused-ring (bicyclic) bond motifs is 2. The molecule has 2 aromatic rings. The second kappa shape index (κ2) is 13.7. The maximum atomic E-state index is 13.2. The van der Waals surface area contributed by atoms with Crippen LogP contribution in [0, 0.1) is 5.41 Å². The number of imide groups is 1. The van der Waals surface area contributed by atoms with E-state index >= 15 is 0 Å². The third kappa shape index (κ3) is 7.88. The molecule has 3 N–H and O–H groups in total. The zero-order valence-corrected chi connectivity index (χ0v) is 27.7. The summed E-state index contributed by atoms with van der Waals surface area (Å²) in [5.74, 6) is -2.29. The summed E-state index contributed by atoms with van der Waals surface area (Å²) >= 11 is 16.9. The maximum Gasteiger partial charge on any atom is 0.351 e. The van der Waals surface area contributed by atoms with Crippen molar-refractivity contribution in [3.05, 3.63) is 58.6 Å². The van der Waals surface area contributed by atoms with Crippen LogP contribution in [0.5, 0.6) is 0 Å². The third-order valence-electron chi connectivity index (χ3n) is 7.44. The molecule has 5 rings (SSSR count). The van der Waals surface area contributed by atoms with Crippen LogP contribution >= 0.6 is 34.8 Å². The predicted octanol–water partition coefficient (Wildman–Crippen LogP) is 2.50. The highest BCUT2D eigenvalue weighted by Gasteiger charge is 2.61. The van der Waals surface area contributed by atoms with Crippen molar-refractivity contribution in [1.29, 1.82) is 0 Å². The van der Waals surface area contributed by atoms with Crippen LogP contribution in [0.15, 0.2) is 47.4 Å². The lowest BCUT2D eigenvalue weighted by molar-refractivity contribution is -0.307. The number of halogens is 3. The summed E-state index contributed by atoms with van der Waals surface area (Å²) in [6.07, 6.45) is -6.14. The molecule has 4 heterocycles. The second-order valence-electron chi connectivity index (χ2n) is 12.1. The van der Waals surface area contributed by atoms with Crippen molar-refractivity contribution >= 4 is 64.4 Å². The fourth-order valence-corrected chi connectivity index (χ4v) is 5.44. The number of nitrogens with one attached hydrogen (secondary N) is 3. The molecule has 3 fully saturated rings. The van der Waals surface area contributed by atoms with Crippen molar-refractivity contribution in [3.63, 3.8) is 0 Å². The van der Waals surface area contributed by atoms with Gasteiger partial charge in [0.05, 0.1) is 18.1 Å². The Balaban J connectivity index is 1.52. The van der Waals surface area contributed by atoms with Crippen LogP contribution in [-0.2, 0) is 38.1 Å². The largest absolute Gasteiger partial charge is 0.454 e. The lowest BCUT2D eigenvalue weighted by atomic mass is 9.90. The molecule has 3 aliphatic rings. The van der Waals surface area contributed by atoms with Crippen molar-refractivity contribution in [3.8, 4) is 0 Å². The smallest absolute Gasteiger partial charge is 0.351 e. The van der Waals surface area contributed by atoms with Gasteiger partial charge in [-0.25, -0.2) is 9.59 Å². The lowest BCUT2D eigenvalue weighted by Crippen LogP contribution is -2.68. The van der Waals surface area contributed by atoms with Crippen LogP contribution in [0.25, 0.3) is 0 Å². The summed E-state index contributed by atoms with van der Waals surface area (Å²) in [6.45, 7) is 6.18. The van der Waals surface area contributed by atoms with E-state index in [2.05, 4.69) is 15.6 Å². The van der Waals surface area contributed by atoms with E-state index in [9.17, 15) is 24.0 Å². The number of alkyl halides is 3. The van der Waals surface area contributed by atoms with Crippen molar-refractivity contribution in [2.24, 2.45) is 5.41 Å². The Labute approximate surface area is 283 Å². The Bertz CT molecular complexity index is 1580. The SMILES string of the molecule is CC(=O)Nc1ccn([C@@H]2O[C@@H]3[C@H](NC(=O)NC(=O)C(Cl)(Cl)Cl)[C@H]4O[C@@H](c5ccccc5)OC[C@H]4O[C@H]3[C@H]2OC(=O)C(C)(C)C)c(=O)n1. The van der Waals surface area contributed by atoms with Crippen LogP contribution in [-0.4, -0.2) is 80.3 Å². The molecule has 1 aromatic heterocycles. The summed E-state index contributed by atoms with van der Waals surface area (Å²) in [6, 6.07) is 8.23. The van der Waals surface area contributed by atoms with Gasteiger partial charge in [-0.1, -0.05) is 65.1 Å². The van der Waals surface area contributed by atoms with E-state index in [-0.39, 0.29) is 12.4 Å². The molecule has 1 aromatic carbocycles. The summed E-state index contributed by atoms with van der Waals surface area (Å²) in [5, 5.41) is 7.06. The van der Waals surface area contributed by atoms with Gasteiger partial charge in [-0.15, -0.1) is 0 Å². The minimum Gasteiger partial charge on any atom is -0.454 e. The number of anilines is 1. The molecule has 3 aliphatic heterocycles. The number of rotatable bonds is 5. The number of aromatic nitrogens is 2. The Morgan fingerprint density at radius 2 is 1.68 bits per heavy atom. The molecule has 0 spiro atoms. The quantitative estimate of drug-likeness (QED) is 0.305. The van der Waals surface area contributed by atoms with Gasteiger partial charge >= 0.3 is 17.7 Å². The number of carbonyl (C=O) groups is 4. The van der Waals surface area contributed by atoms with Gasteiger partial charge in [-0.2, -0.15) is 4.98 Å². The van der Waals surface area contributed by atoms with E-state index < -0.39 is 87.8 Å². The van der Waals surface area contributed by atoms with Gasteiger partial charge < -0.3 is 34.3 Å². The van der Waals surface area contributed by atoms with E-state index in [4.69, 9.17) is 58.5 Å². The number of urea groups is 1. The predicted molar refractivity (Wildman–Crippen MR) is 165 cm³/mol. The van der Waals surface area contributed by atoms with E-state index in [1.807, 2.05) is 11.4 Å². The molecule has 3 saturated heterocycles. The standard InChI is InChI=1S/C29H32Cl3N5O10/c1-13(38)33-16-10-11-37(27(42)34-16)22-21(47-25(40)28(2,3)4)20-19(45-22)17(35-26(41)36-24(39)29(30,31)32)18-15(44-20)12-43-23(46-18)14-8-6-5-7-9-14/h5-11,15,17-23H,12H2,1-4H3,(H,33,34,38,42)(H2,35,36,39,41)/t15-,17-,18+,19-,20-,21-,22-,23+/m1/s1. The first-order chi connectivity index (χ1) is 22.0. The normalized spacial score (nSPS) is 28.7. The Kier molecular flexibility index (Phi) is 10.2. The summed E-state index contributed by atoms with van der Waals surface area (Å²) in [5.41, 5.74) is -1.12. The zero-order valence-electron chi connectivity index (χ0n) is 25.5. The first-order valence-corrected chi connectivity index (χ1v) is 15.6. The molecular formula is C29H32Cl3N5O10. The topological polar surface area (TPSA) is 185 Å². The summed E-state index contributed by atoms with van der Waals surface area (Å²) < 4.78 is 29.6. The van der Waals surface area contributed by atoms with Gasteiger partial charge in [0.2, 0.25) is 5.91 Å². The number of amides is 4. The zero-order chi connectivity index (χ0) is 34.3. The Morgan fingerprint density at radius 1 is 0.979 bits per heavy atom. The molecule has 0 aliphatic carbocycles. The van der Waals surface area contributed by atoms with Crippen LogP contribution in [0.2, 0.25) is 0 Å². The number of carbonyl (C=O) groups excluding carboxylic acids is 4. The van der Waals surface area contributed by atoms with Crippen LogP contribution in [0.3, 0.4) is 0 Å². The van der Waals surface area contributed by atoms with Gasteiger partial charge in [0, 0.05) is 18.7 Å². The Hall–Kier alpha value is -3.31. The molecule has 18 heteroatoms. The van der Waals surface area contributed by atoms with Gasteiger partial charge in [0.1, 0.15) is 30.2 Å². The number of nitrogens with zero attached hydrogens (tertiary/aromatic N) is 2. The van der Waals surface area contributed by atoms with Crippen molar-refractivity contribution < 1.29 is 42.9 Å². The summed E-state index contributed by atoms with van der Waals surface area (Å²) in [7, 11) is 0. The fraction of sp³-hybridized carbons (Fsp3) is 0.517. The third-order valence-corrected chi connectivity index (χ3v) is 7.96. The number of hydrogen-bond donors (Lipinski definition) is 3. The first-order valence-electron chi connectivity index (χ1n) is 14.4. The number of benzene rings is 1. The molecule has 47 heavy (non-hydrogen) atoms. The average Bonchev–Trinajstić information content (AvgIpc) is 3.33. The monoisotopic (exact) mass is 715 g/mol. The average molecular weight is 717 g/mol. The number of hydrogen-bond acceptors (Lipinski definition) is 11. The molecule has 0 radical (unpaired) electrons. The molecule has 15 nitrogen and oxygen atoms in total. The molecule has 0 unspecified atom stereocenters. The van der Waals surface area contributed by atoms with Crippen LogP contribution in [0.4, 0.5) is 10.6 Å². The van der Waals surface area contributed by atoms with E-state index in [0.717, 1.165) is 4.57 Å². The molecule has 0 saturated carbocycles.